The fraction of sp³-hybridized carbons (Fsp3) is 0.267. The van der Waals surface area contributed by atoms with Crippen molar-refractivity contribution in [3.8, 4) is 0 Å². The highest BCUT2D eigenvalue weighted by molar-refractivity contribution is 7.92. The van der Waals surface area contributed by atoms with Crippen molar-refractivity contribution in [1.29, 1.82) is 0 Å². The average Bonchev–Trinajstić information content (AvgIpc) is 3.06. The zero-order valence-electron chi connectivity index (χ0n) is 12.2. The molecular weight excluding hydrogens is 336 g/mol. The molecule has 1 fully saturated rings. The molecule has 120 valence electrons. The second kappa shape index (κ2) is 5.28. The molecule has 0 saturated heterocycles. The lowest BCUT2D eigenvalue weighted by Gasteiger charge is -2.25. The maximum absolute atomic E-state index is 12.6. The third-order valence-electron chi connectivity index (χ3n) is 4.25. The molecule has 2 N–H and O–H groups in total. The first-order chi connectivity index (χ1) is 11.0. The van der Waals surface area contributed by atoms with Crippen molar-refractivity contribution in [2.45, 2.75) is 30.2 Å². The van der Waals surface area contributed by atoms with Gasteiger partial charge in [0.25, 0.3) is 10.0 Å². The third kappa shape index (κ3) is 2.49. The van der Waals surface area contributed by atoms with Crippen LogP contribution in [0.4, 0.5) is 5.69 Å². The SMILES string of the molecule is O=S(=O)(Nc1cccc2c(Cl)c[nH]c12)c1cnn(C2CCC2)c1. The molecule has 23 heavy (non-hydrogen) atoms. The Balaban J connectivity index is 1.67. The van der Waals surface area contributed by atoms with E-state index < -0.39 is 10.0 Å². The topological polar surface area (TPSA) is 79.8 Å². The van der Waals surface area contributed by atoms with Crippen molar-refractivity contribution in [2.75, 3.05) is 4.72 Å². The molecule has 8 heteroatoms. The van der Waals surface area contributed by atoms with Crippen molar-refractivity contribution in [2.24, 2.45) is 0 Å². The van der Waals surface area contributed by atoms with Gasteiger partial charge in [0.05, 0.1) is 28.5 Å². The Morgan fingerprint density at radius 3 is 2.91 bits per heavy atom. The van der Waals surface area contributed by atoms with Gasteiger partial charge in [0.1, 0.15) is 4.90 Å². The summed E-state index contributed by atoms with van der Waals surface area (Å²) >= 11 is 6.07. The number of nitrogens with zero attached hydrogens (tertiary/aromatic N) is 2. The Bertz CT molecular complexity index is 972. The standard InChI is InChI=1S/C15H15ClN4O2S/c16-13-8-17-15-12(13)5-2-6-14(15)19-23(21,22)11-7-18-20(9-11)10-3-1-4-10/h2,5-10,17,19H,1,3-4H2. The first-order valence-electron chi connectivity index (χ1n) is 7.37. The molecule has 0 unspecified atom stereocenters. The van der Waals surface area contributed by atoms with E-state index in [1.165, 1.54) is 12.6 Å². The van der Waals surface area contributed by atoms with Gasteiger partial charge in [0.15, 0.2) is 0 Å². The number of H-pyrrole nitrogens is 1. The quantitative estimate of drug-likeness (QED) is 0.755. The van der Waals surface area contributed by atoms with Crippen molar-refractivity contribution in [3.63, 3.8) is 0 Å². The van der Waals surface area contributed by atoms with Gasteiger partial charge in [-0.1, -0.05) is 23.7 Å². The second-order valence-electron chi connectivity index (χ2n) is 5.71. The van der Waals surface area contributed by atoms with Gasteiger partial charge in [-0.2, -0.15) is 5.10 Å². The molecule has 6 nitrogen and oxygen atoms in total. The van der Waals surface area contributed by atoms with Crippen LogP contribution in [0.3, 0.4) is 0 Å². The normalized spacial score (nSPS) is 15.7. The monoisotopic (exact) mass is 350 g/mol. The fourth-order valence-corrected chi connectivity index (χ4v) is 3.94. The number of hydrogen-bond donors (Lipinski definition) is 2. The van der Waals surface area contributed by atoms with Gasteiger partial charge in [-0.15, -0.1) is 0 Å². The third-order valence-corrected chi connectivity index (χ3v) is 5.88. The highest BCUT2D eigenvalue weighted by Gasteiger charge is 2.24. The number of rotatable bonds is 4. The van der Waals surface area contributed by atoms with E-state index >= 15 is 0 Å². The molecule has 0 atom stereocenters. The van der Waals surface area contributed by atoms with Gasteiger partial charge < -0.3 is 4.98 Å². The van der Waals surface area contributed by atoms with E-state index in [9.17, 15) is 8.42 Å². The lowest BCUT2D eigenvalue weighted by atomic mass is 9.93. The molecule has 1 aliphatic rings. The highest BCUT2D eigenvalue weighted by Crippen LogP contribution is 2.32. The second-order valence-corrected chi connectivity index (χ2v) is 7.80. The minimum atomic E-state index is -3.69. The Morgan fingerprint density at radius 1 is 1.35 bits per heavy atom. The summed E-state index contributed by atoms with van der Waals surface area (Å²) in [4.78, 5) is 3.16. The summed E-state index contributed by atoms with van der Waals surface area (Å²) in [5.41, 5.74) is 1.12. The van der Waals surface area contributed by atoms with Crippen LogP contribution in [-0.4, -0.2) is 23.2 Å². The Hall–Kier alpha value is -1.99. The average molecular weight is 351 g/mol. The van der Waals surface area contributed by atoms with Gasteiger partial charge in [-0.3, -0.25) is 9.40 Å². The lowest BCUT2D eigenvalue weighted by Crippen LogP contribution is -2.17. The van der Waals surface area contributed by atoms with Gasteiger partial charge >= 0.3 is 0 Å². The van der Waals surface area contributed by atoms with Crippen molar-refractivity contribution < 1.29 is 8.42 Å². The van der Waals surface area contributed by atoms with Crippen LogP contribution in [0, 0.1) is 0 Å². The molecular formula is C15H15ClN4O2S. The number of hydrogen-bond acceptors (Lipinski definition) is 3. The molecule has 0 bridgehead atoms. The number of para-hydroxylation sites is 1. The summed E-state index contributed by atoms with van der Waals surface area (Å²) in [5.74, 6) is 0. The van der Waals surface area contributed by atoms with Crippen LogP contribution < -0.4 is 4.72 Å². The molecule has 2 heterocycles. The number of benzene rings is 1. The van der Waals surface area contributed by atoms with Crippen LogP contribution in [0.1, 0.15) is 25.3 Å². The smallest absolute Gasteiger partial charge is 0.265 e. The molecule has 4 rings (SSSR count). The van der Waals surface area contributed by atoms with Gasteiger partial charge in [-0.05, 0) is 25.3 Å². The number of anilines is 1. The number of sulfonamides is 1. The summed E-state index contributed by atoms with van der Waals surface area (Å²) < 4.78 is 29.5. The largest absolute Gasteiger partial charge is 0.358 e. The molecule has 1 saturated carbocycles. The molecule has 0 spiro atoms. The maximum Gasteiger partial charge on any atom is 0.265 e. The zero-order valence-corrected chi connectivity index (χ0v) is 13.7. The number of aromatic nitrogens is 3. The molecule has 1 aliphatic carbocycles. The van der Waals surface area contributed by atoms with Crippen LogP contribution in [0.2, 0.25) is 5.02 Å². The molecule has 2 aromatic heterocycles. The predicted octanol–water partition coefficient (Wildman–Crippen LogP) is 3.54. The Morgan fingerprint density at radius 2 is 2.17 bits per heavy atom. The highest BCUT2D eigenvalue weighted by atomic mass is 35.5. The summed E-state index contributed by atoms with van der Waals surface area (Å²) in [6.07, 6.45) is 7.89. The zero-order chi connectivity index (χ0) is 16.0. The fourth-order valence-electron chi connectivity index (χ4n) is 2.72. The van der Waals surface area contributed by atoms with Crippen molar-refractivity contribution in [3.05, 3.63) is 41.8 Å². The minimum absolute atomic E-state index is 0.166. The Kier molecular flexibility index (Phi) is 3.35. The van der Waals surface area contributed by atoms with E-state index in [-0.39, 0.29) is 4.90 Å². The van der Waals surface area contributed by atoms with E-state index in [0.29, 0.717) is 22.3 Å². The first-order valence-corrected chi connectivity index (χ1v) is 9.23. The van der Waals surface area contributed by atoms with Crippen LogP contribution in [0.15, 0.2) is 41.7 Å². The van der Waals surface area contributed by atoms with E-state index in [1.54, 1.807) is 29.2 Å². The van der Waals surface area contributed by atoms with E-state index in [1.807, 2.05) is 6.07 Å². The van der Waals surface area contributed by atoms with Crippen molar-refractivity contribution in [1.82, 2.24) is 14.8 Å². The van der Waals surface area contributed by atoms with Crippen LogP contribution in [0.25, 0.3) is 10.9 Å². The number of halogens is 1. The molecule has 0 aliphatic heterocycles. The summed E-state index contributed by atoms with van der Waals surface area (Å²) in [5, 5.41) is 5.51. The van der Waals surface area contributed by atoms with E-state index in [4.69, 9.17) is 11.6 Å². The Labute approximate surface area is 138 Å². The van der Waals surface area contributed by atoms with Crippen LogP contribution in [-0.2, 0) is 10.0 Å². The van der Waals surface area contributed by atoms with Crippen LogP contribution in [0.5, 0.6) is 0 Å². The summed E-state index contributed by atoms with van der Waals surface area (Å²) in [7, 11) is -3.69. The summed E-state index contributed by atoms with van der Waals surface area (Å²) in [6, 6.07) is 5.62. The molecule has 1 aromatic carbocycles. The number of fused-ring (bicyclic) bond motifs is 1. The molecule has 3 aromatic rings. The van der Waals surface area contributed by atoms with Crippen molar-refractivity contribution >= 4 is 38.2 Å². The molecule has 0 amide bonds. The molecule has 0 radical (unpaired) electrons. The van der Waals surface area contributed by atoms with Gasteiger partial charge in [-0.25, -0.2) is 8.42 Å². The first kappa shape index (κ1) is 14.6. The van der Waals surface area contributed by atoms with E-state index in [0.717, 1.165) is 18.2 Å². The minimum Gasteiger partial charge on any atom is -0.358 e. The van der Waals surface area contributed by atoms with E-state index in [2.05, 4.69) is 14.8 Å². The van der Waals surface area contributed by atoms with Gasteiger partial charge in [0.2, 0.25) is 0 Å². The van der Waals surface area contributed by atoms with Crippen LogP contribution >= 0.6 is 11.6 Å². The van der Waals surface area contributed by atoms with Gasteiger partial charge in [0, 0.05) is 17.8 Å². The lowest BCUT2D eigenvalue weighted by molar-refractivity contribution is 0.289. The number of aromatic amines is 1. The number of nitrogens with one attached hydrogen (secondary N) is 2. The predicted molar refractivity (Wildman–Crippen MR) is 89.2 cm³/mol. The summed E-state index contributed by atoms with van der Waals surface area (Å²) in [6.45, 7) is 0. The maximum atomic E-state index is 12.6.